The highest BCUT2D eigenvalue weighted by atomic mass is 16.5. The van der Waals surface area contributed by atoms with Crippen molar-refractivity contribution in [1.82, 2.24) is 15.1 Å². The number of anilines is 1. The zero-order valence-electron chi connectivity index (χ0n) is 17.4. The molecular weight excluding hydrogens is 360 g/mol. The molecule has 0 fully saturated rings. The highest BCUT2D eigenvalue weighted by Crippen LogP contribution is 2.56. The minimum atomic E-state index is -0.169. The van der Waals surface area contributed by atoms with Gasteiger partial charge in [0.15, 0.2) is 0 Å². The molecule has 2 aliphatic rings. The smallest absolute Gasteiger partial charge is 0.225 e. The van der Waals surface area contributed by atoms with Crippen molar-refractivity contribution >= 4 is 5.95 Å². The Balaban J connectivity index is 1.77. The Labute approximate surface area is 172 Å². The molecule has 5 nitrogen and oxygen atoms in total. The Kier molecular flexibility index (Phi) is 4.41. The Morgan fingerprint density at radius 1 is 1.10 bits per heavy atom. The SMILES string of the molecule is CCN(CC)c1ncc2c(n1)[C@@]1(c3ccccc3)Cc3cnoc3[C@@H](C)[C@@H]1CC2. The quantitative estimate of drug-likeness (QED) is 0.658. The summed E-state index contributed by atoms with van der Waals surface area (Å²) >= 11 is 0. The first-order valence-electron chi connectivity index (χ1n) is 10.8. The number of fused-ring (bicyclic) bond motifs is 4. The van der Waals surface area contributed by atoms with Gasteiger partial charge in [0.2, 0.25) is 5.95 Å². The van der Waals surface area contributed by atoms with E-state index in [1.165, 1.54) is 22.4 Å². The number of rotatable bonds is 4. The topological polar surface area (TPSA) is 55.1 Å². The second-order valence-corrected chi connectivity index (χ2v) is 8.38. The third-order valence-corrected chi connectivity index (χ3v) is 7.13. The summed E-state index contributed by atoms with van der Waals surface area (Å²) in [4.78, 5) is 12.2. The molecule has 3 atom stereocenters. The maximum atomic E-state index is 5.69. The maximum absolute atomic E-state index is 5.69. The van der Waals surface area contributed by atoms with Gasteiger partial charge < -0.3 is 9.42 Å². The van der Waals surface area contributed by atoms with Crippen molar-refractivity contribution in [3.63, 3.8) is 0 Å². The van der Waals surface area contributed by atoms with Gasteiger partial charge in [-0.3, -0.25) is 0 Å². The average Bonchev–Trinajstić information content (AvgIpc) is 3.24. The number of aryl methyl sites for hydroxylation is 1. The van der Waals surface area contributed by atoms with Crippen molar-refractivity contribution in [3.8, 4) is 0 Å². The van der Waals surface area contributed by atoms with Crippen LogP contribution in [0, 0.1) is 5.92 Å². The second kappa shape index (κ2) is 6.97. The molecule has 0 amide bonds. The number of aromatic nitrogens is 3. The molecule has 0 spiro atoms. The summed E-state index contributed by atoms with van der Waals surface area (Å²) in [7, 11) is 0. The van der Waals surface area contributed by atoms with Crippen LogP contribution in [0.15, 0.2) is 47.2 Å². The molecule has 0 N–H and O–H groups in total. The van der Waals surface area contributed by atoms with Gasteiger partial charge in [-0.05, 0) is 50.2 Å². The first-order valence-corrected chi connectivity index (χ1v) is 10.8. The summed E-state index contributed by atoms with van der Waals surface area (Å²) in [5.74, 6) is 2.63. The molecule has 5 heteroatoms. The largest absolute Gasteiger partial charge is 0.361 e. The second-order valence-electron chi connectivity index (χ2n) is 8.38. The molecule has 0 unspecified atom stereocenters. The molecule has 3 aromatic rings. The van der Waals surface area contributed by atoms with E-state index in [0.717, 1.165) is 44.1 Å². The summed E-state index contributed by atoms with van der Waals surface area (Å²) in [6, 6.07) is 10.9. The third-order valence-electron chi connectivity index (χ3n) is 7.13. The lowest BCUT2D eigenvalue weighted by Gasteiger charge is -2.50. The van der Waals surface area contributed by atoms with Gasteiger partial charge in [-0.2, -0.15) is 0 Å². The minimum Gasteiger partial charge on any atom is -0.361 e. The van der Waals surface area contributed by atoms with E-state index in [1.807, 2.05) is 6.20 Å². The van der Waals surface area contributed by atoms with Crippen molar-refractivity contribution in [2.24, 2.45) is 5.92 Å². The van der Waals surface area contributed by atoms with E-state index in [4.69, 9.17) is 14.5 Å². The van der Waals surface area contributed by atoms with E-state index in [9.17, 15) is 0 Å². The van der Waals surface area contributed by atoms with Gasteiger partial charge in [-0.1, -0.05) is 42.4 Å². The van der Waals surface area contributed by atoms with E-state index in [-0.39, 0.29) is 5.41 Å². The van der Waals surface area contributed by atoms with Gasteiger partial charge >= 0.3 is 0 Å². The molecule has 29 heavy (non-hydrogen) atoms. The Bertz CT molecular complexity index is 1010. The molecule has 0 saturated heterocycles. The monoisotopic (exact) mass is 388 g/mol. The summed E-state index contributed by atoms with van der Waals surface area (Å²) < 4.78 is 5.69. The van der Waals surface area contributed by atoms with Gasteiger partial charge in [0, 0.05) is 36.2 Å². The van der Waals surface area contributed by atoms with Crippen molar-refractivity contribution in [2.45, 2.75) is 51.4 Å². The Morgan fingerprint density at radius 3 is 2.66 bits per heavy atom. The van der Waals surface area contributed by atoms with Gasteiger partial charge in [0.25, 0.3) is 0 Å². The zero-order chi connectivity index (χ0) is 20.0. The Hall–Kier alpha value is -2.69. The third kappa shape index (κ3) is 2.63. The molecule has 0 aliphatic heterocycles. The molecule has 2 aromatic heterocycles. The molecule has 1 aromatic carbocycles. The Morgan fingerprint density at radius 2 is 1.90 bits per heavy atom. The fourth-order valence-corrected chi connectivity index (χ4v) is 5.70. The standard InChI is InChI=1S/C24H28N4O/c1-4-28(5-2)23-25-14-17-11-12-20-16(3)21-18(15-26-29-21)13-24(20,22(17)27-23)19-9-7-6-8-10-19/h6-10,14-16,20H,4-5,11-13H2,1-3H3/t16-,20-,24+/m0/s1. The van der Waals surface area contributed by atoms with Gasteiger partial charge in [-0.15, -0.1) is 0 Å². The van der Waals surface area contributed by atoms with Crippen LogP contribution < -0.4 is 4.90 Å². The predicted molar refractivity (Wildman–Crippen MR) is 113 cm³/mol. The van der Waals surface area contributed by atoms with E-state index in [1.54, 1.807) is 0 Å². The highest BCUT2D eigenvalue weighted by molar-refractivity contribution is 5.50. The van der Waals surface area contributed by atoms with E-state index >= 15 is 0 Å². The van der Waals surface area contributed by atoms with E-state index in [2.05, 4.69) is 67.4 Å². The molecule has 0 bridgehead atoms. The molecule has 0 saturated carbocycles. The maximum Gasteiger partial charge on any atom is 0.225 e. The van der Waals surface area contributed by atoms with Crippen molar-refractivity contribution in [2.75, 3.05) is 18.0 Å². The predicted octanol–water partition coefficient (Wildman–Crippen LogP) is 4.52. The van der Waals surface area contributed by atoms with Gasteiger partial charge in [0.1, 0.15) is 5.76 Å². The molecule has 2 heterocycles. The lowest BCUT2D eigenvalue weighted by molar-refractivity contribution is 0.188. The van der Waals surface area contributed by atoms with Crippen LogP contribution in [0.5, 0.6) is 0 Å². The van der Waals surface area contributed by atoms with Crippen LogP contribution in [-0.2, 0) is 18.3 Å². The summed E-state index contributed by atoms with van der Waals surface area (Å²) in [5, 5.41) is 4.15. The fraction of sp³-hybridized carbons (Fsp3) is 0.458. The zero-order valence-corrected chi connectivity index (χ0v) is 17.4. The first-order chi connectivity index (χ1) is 14.2. The lowest BCUT2D eigenvalue weighted by atomic mass is 9.53. The van der Waals surface area contributed by atoms with Gasteiger partial charge in [-0.25, -0.2) is 9.97 Å². The average molecular weight is 389 g/mol. The minimum absolute atomic E-state index is 0.169. The first kappa shape index (κ1) is 18.3. The summed E-state index contributed by atoms with van der Waals surface area (Å²) in [6.45, 7) is 8.43. The van der Waals surface area contributed by atoms with E-state index in [0.29, 0.717) is 11.8 Å². The van der Waals surface area contributed by atoms with Crippen LogP contribution in [-0.4, -0.2) is 28.2 Å². The summed E-state index contributed by atoms with van der Waals surface area (Å²) in [5.41, 5.74) is 4.88. The summed E-state index contributed by atoms with van der Waals surface area (Å²) in [6.07, 6.45) is 6.99. The van der Waals surface area contributed by atoms with Crippen molar-refractivity contribution in [3.05, 3.63) is 70.9 Å². The molecule has 0 radical (unpaired) electrons. The normalized spacial score (nSPS) is 25.1. The number of benzene rings is 1. The van der Waals surface area contributed by atoms with Crippen LogP contribution in [0.1, 0.15) is 61.3 Å². The number of hydrogen-bond acceptors (Lipinski definition) is 5. The molecule has 150 valence electrons. The van der Waals surface area contributed by atoms with Crippen LogP contribution in [0.25, 0.3) is 0 Å². The molecule has 5 rings (SSSR count). The van der Waals surface area contributed by atoms with Crippen LogP contribution in [0.2, 0.25) is 0 Å². The molecule has 2 aliphatic carbocycles. The highest BCUT2D eigenvalue weighted by Gasteiger charge is 2.53. The van der Waals surface area contributed by atoms with Crippen LogP contribution in [0.4, 0.5) is 5.95 Å². The van der Waals surface area contributed by atoms with E-state index < -0.39 is 0 Å². The van der Waals surface area contributed by atoms with Crippen molar-refractivity contribution in [1.29, 1.82) is 0 Å². The molecular formula is C24H28N4O. The number of nitrogens with zero attached hydrogens (tertiary/aromatic N) is 4. The number of hydrogen-bond donors (Lipinski definition) is 0. The fourth-order valence-electron chi connectivity index (χ4n) is 5.70. The van der Waals surface area contributed by atoms with Crippen LogP contribution >= 0.6 is 0 Å². The lowest BCUT2D eigenvalue weighted by Crippen LogP contribution is -2.48. The van der Waals surface area contributed by atoms with Crippen molar-refractivity contribution < 1.29 is 4.52 Å². The van der Waals surface area contributed by atoms with Crippen LogP contribution in [0.3, 0.4) is 0 Å². The van der Waals surface area contributed by atoms with Gasteiger partial charge in [0.05, 0.1) is 11.9 Å².